The summed E-state index contributed by atoms with van der Waals surface area (Å²) in [7, 11) is 0. The fourth-order valence-corrected chi connectivity index (χ4v) is 2.02. The molecule has 3 N–H and O–H groups in total. The molecule has 78 valence electrons. The number of hydrogen-bond acceptors (Lipinski definition) is 4. The van der Waals surface area contributed by atoms with Crippen molar-refractivity contribution in [2.45, 2.75) is 24.3 Å². The first kappa shape index (κ1) is 11.3. The first-order valence-electron chi connectivity index (χ1n) is 4.65. The van der Waals surface area contributed by atoms with Crippen molar-refractivity contribution in [1.82, 2.24) is 4.98 Å². The van der Waals surface area contributed by atoms with Gasteiger partial charge in [0.1, 0.15) is 5.82 Å². The Morgan fingerprint density at radius 2 is 2.43 bits per heavy atom. The third-order valence-corrected chi connectivity index (χ3v) is 3.22. The van der Waals surface area contributed by atoms with E-state index in [1.807, 2.05) is 23.9 Å². The lowest BCUT2D eigenvalue weighted by atomic mass is 10.3. The summed E-state index contributed by atoms with van der Waals surface area (Å²) in [6.45, 7) is 2.37. The standard InChI is InChI=1S/C10H16N2OS/c1-8(3-5-13)14-7-9-2-4-12-10(11)6-9/h2,4,6,8,13H,3,5,7H2,1H3,(H2,11,12). The minimum atomic E-state index is 0.257. The van der Waals surface area contributed by atoms with Crippen LogP contribution in [0.3, 0.4) is 0 Å². The maximum atomic E-state index is 8.73. The molecule has 0 bridgehead atoms. The highest BCUT2D eigenvalue weighted by atomic mass is 32.2. The number of anilines is 1. The van der Waals surface area contributed by atoms with Gasteiger partial charge in [-0.1, -0.05) is 6.92 Å². The summed E-state index contributed by atoms with van der Waals surface area (Å²) in [4.78, 5) is 3.93. The topological polar surface area (TPSA) is 59.1 Å². The molecule has 1 atom stereocenters. The molecule has 0 aromatic carbocycles. The van der Waals surface area contributed by atoms with E-state index in [1.54, 1.807) is 6.20 Å². The van der Waals surface area contributed by atoms with E-state index in [0.717, 1.165) is 12.2 Å². The minimum Gasteiger partial charge on any atom is -0.396 e. The van der Waals surface area contributed by atoms with Gasteiger partial charge in [-0.3, -0.25) is 0 Å². The largest absolute Gasteiger partial charge is 0.396 e. The van der Waals surface area contributed by atoms with Crippen LogP contribution in [0.15, 0.2) is 18.3 Å². The number of pyridine rings is 1. The summed E-state index contributed by atoms with van der Waals surface area (Å²) in [5, 5.41) is 9.22. The Bertz CT molecular complexity index is 281. The van der Waals surface area contributed by atoms with Gasteiger partial charge < -0.3 is 10.8 Å². The predicted molar refractivity (Wildman–Crippen MR) is 61.1 cm³/mol. The number of rotatable bonds is 5. The fourth-order valence-electron chi connectivity index (χ4n) is 1.09. The summed E-state index contributed by atoms with van der Waals surface area (Å²) in [6.07, 6.45) is 2.56. The van der Waals surface area contributed by atoms with Crippen LogP contribution in [0.25, 0.3) is 0 Å². The molecule has 0 saturated heterocycles. The van der Waals surface area contributed by atoms with Gasteiger partial charge in [0.25, 0.3) is 0 Å². The van der Waals surface area contributed by atoms with E-state index < -0.39 is 0 Å². The monoisotopic (exact) mass is 212 g/mol. The second-order valence-corrected chi connectivity index (χ2v) is 4.65. The molecule has 0 fully saturated rings. The zero-order chi connectivity index (χ0) is 10.4. The normalized spacial score (nSPS) is 12.7. The Hall–Kier alpha value is -0.740. The van der Waals surface area contributed by atoms with Crippen LogP contribution < -0.4 is 5.73 Å². The molecule has 0 spiro atoms. The molecule has 1 unspecified atom stereocenters. The van der Waals surface area contributed by atoms with Gasteiger partial charge in [0.15, 0.2) is 0 Å². The molecular weight excluding hydrogens is 196 g/mol. The van der Waals surface area contributed by atoms with Gasteiger partial charge in [-0.25, -0.2) is 4.98 Å². The SMILES string of the molecule is CC(CCO)SCc1ccnc(N)c1. The van der Waals surface area contributed by atoms with Crippen molar-refractivity contribution >= 4 is 17.6 Å². The quantitative estimate of drug-likeness (QED) is 0.779. The zero-order valence-corrected chi connectivity index (χ0v) is 9.13. The Balaban J connectivity index is 2.37. The molecule has 1 aromatic rings. The highest BCUT2D eigenvalue weighted by Crippen LogP contribution is 2.19. The maximum Gasteiger partial charge on any atom is 0.123 e. The van der Waals surface area contributed by atoms with Crippen molar-refractivity contribution in [3.05, 3.63) is 23.9 Å². The van der Waals surface area contributed by atoms with E-state index in [2.05, 4.69) is 11.9 Å². The molecule has 14 heavy (non-hydrogen) atoms. The summed E-state index contributed by atoms with van der Waals surface area (Å²) in [5.41, 5.74) is 6.75. The lowest BCUT2D eigenvalue weighted by molar-refractivity contribution is 0.289. The number of aromatic nitrogens is 1. The Morgan fingerprint density at radius 1 is 1.64 bits per heavy atom. The summed E-state index contributed by atoms with van der Waals surface area (Å²) < 4.78 is 0. The molecule has 1 rings (SSSR count). The van der Waals surface area contributed by atoms with Crippen molar-refractivity contribution in [2.24, 2.45) is 0 Å². The number of hydrogen-bond donors (Lipinski definition) is 2. The van der Waals surface area contributed by atoms with Gasteiger partial charge in [-0.05, 0) is 24.1 Å². The first-order valence-corrected chi connectivity index (χ1v) is 5.70. The molecular formula is C10H16N2OS. The molecule has 0 radical (unpaired) electrons. The third kappa shape index (κ3) is 3.98. The van der Waals surface area contributed by atoms with E-state index in [1.165, 1.54) is 5.56 Å². The van der Waals surface area contributed by atoms with Crippen molar-refractivity contribution in [1.29, 1.82) is 0 Å². The average Bonchev–Trinajstić information content (AvgIpc) is 2.15. The molecule has 1 aromatic heterocycles. The van der Waals surface area contributed by atoms with Crippen LogP contribution in [-0.2, 0) is 5.75 Å². The first-order chi connectivity index (χ1) is 6.72. The van der Waals surface area contributed by atoms with E-state index in [0.29, 0.717) is 11.1 Å². The van der Waals surface area contributed by atoms with Gasteiger partial charge in [-0.2, -0.15) is 11.8 Å². The van der Waals surface area contributed by atoms with Crippen LogP contribution in [-0.4, -0.2) is 21.9 Å². The fraction of sp³-hybridized carbons (Fsp3) is 0.500. The van der Waals surface area contributed by atoms with E-state index >= 15 is 0 Å². The Morgan fingerprint density at radius 3 is 3.07 bits per heavy atom. The Labute approximate surface area is 88.7 Å². The highest BCUT2D eigenvalue weighted by molar-refractivity contribution is 7.99. The summed E-state index contributed by atoms with van der Waals surface area (Å²) >= 11 is 1.82. The lowest BCUT2D eigenvalue weighted by Gasteiger charge is -2.09. The van der Waals surface area contributed by atoms with Crippen molar-refractivity contribution in [3.63, 3.8) is 0 Å². The lowest BCUT2D eigenvalue weighted by Crippen LogP contribution is -2.00. The van der Waals surface area contributed by atoms with E-state index in [-0.39, 0.29) is 6.61 Å². The Kier molecular flexibility index (Phi) is 4.76. The van der Waals surface area contributed by atoms with Crippen LogP contribution in [0.1, 0.15) is 18.9 Å². The molecule has 0 aliphatic heterocycles. The van der Waals surface area contributed by atoms with Crippen LogP contribution in [0.2, 0.25) is 0 Å². The predicted octanol–water partition coefficient (Wildman–Crippen LogP) is 1.67. The molecule has 0 aliphatic carbocycles. The summed E-state index contributed by atoms with van der Waals surface area (Å²) in [6, 6.07) is 3.85. The molecule has 0 aliphatic rings. The number of nitrogens with zero attached hydrogens (tertiary/aromatic N) is 1. The van der Waals surface area contributed by atoms with Crippen LogP contribution >= 0.6 is 11.8 Å². The average molecular weight is 212 g/mol. The zero-order valence-electron chi connectivity index (χ0n) is 8.31. The van der Waals surface area contributed by atoms with Crippen molar-refractivity contribution in [2.75, 3.05) is 12.3 Å². The van der Waals surface area contributed by atoms with Gasteiger partial charge in [0, 0.05) is 23.8 Å². The van der Waals surface area contributed by atoms with Gasteiger partial charge in [-0.15, -0.1) is 0 Å². The van der Waals surface area contributed by atoms with Gasteiger partial charge >= 0.3 is 0 Å². The molecule has 4 heteroatoms. The molecule has 3 nitrogen and oxygen atoms in total. The third-order valence-electron chi connectivity index (χ3n) is 1.92. The van der Waals surface area contributed by atoms with E-state index in [9.17, 15) is 0 Å². The number of aliphatic hydroxyl groups is 1. The number of aliphatic hydroxyl groups excluding tert-OH is 1. The van der Waals surface area contributed by atoms with Crippen molar-refractivity contribution in [3.8, 4) is 0 Å². The van der Waals surface area contributed by atoms with Crippen LogP contribution in [0.5, 0.6) is 0 Å². The van der Waals surface area contributed by atoms with Gasteiger partial charge in [0.05, 0.1) is 0 Å². The number of nitrogen functional groups attached to an aromatic ring is 1. The second-order valence-electron chi connectivity index (χ2n) is 3.22. The highest BCUT2D eigenvalue weighted by Gasteiger charge is 2.02. The molecule has 0 amide bonds. The maximum absolute atomic E-state index is 8.73. The minimum absolute atomic E-state index is 0.257. The molecule has 0 saturated carbocycles. The number of nitrogens with two attached hydrogens (primary N) is 1. The molecule has 1 heterocycles. The smallest absolute Gasteiger partial charge is 0.123 e. The second kappa shape index (κ2) is 5.88. The number of thioether (sulfide) groups is 1. The summed E-state index contributed by atoms with van der Waals surface area (Å²) in [5.74, 6) is 1.49. The van der Waals surface area contributed by atoms with Crippen LogP contribution in [0, 0.1) is 0 Å². The van der Waals surface area contributed by atoms with E-state index in [4.69, 9.17) is 10.8 Å². The van der Waals surface area contributed by atoms with Crippen LogP contribution in [0.4, 0.5) is 5.82 Å². The van der Waals surface area contributed by atoms with Gasteiger partial charge in [0.2, 0.25) is 0 Å². The van der Waals surface area contributed by atoms with Crippen molar-refractivity contribution < 1.29 is 5.11 Å².